The maximum atomic E-state index is 14.1. The molecule has 1 aromatic heterocycles. The van der Waals surface area contributed by atoms with Crippen molar-refractivity contribution < 1.29 is 23.5 Å². The second-order valence-corrected chi connectivity index (χ2v) is 10.3. The van der Waals surface area contributed by atoms with Gasteiger partial charge in [-0.1, -0.05) is 66.7 Å². The van der Waals surface area contributed by atoms with E-state index in [1.54, 1.807) is 24.3 Å². The van der Waals surface area contributed by atoms with Gasteiger partial charge in [0.1, 0.15) is 11.6 Å². The first-order chi connectivity index (χ1) is 20.8. The van der Waals surface area contributed by atoms with Crippen LogP contribution in [0, 0.1) is 11.6 Å². The molecule has 6 rings (SSSR count). The van der Waals surface area contributed by atoms with Crippen LogP contribution in [-0.2, 0) is 13.0 Å². The van der Waals surface area contributed by atoms with E-state index in [2.05, 4.69) is 46.7 Å². The van der Waals surface area contributed by atoms with Crippen molar-refractivity contribution in [2.45, 2.75) is 13.0 Å². The molecule has 0 aliphatic rings. The van der Waals surface area contributed by atoms with Crippen molar-refractivity contribution in [3.8, 4) is 22.3 Å². The van der Waals surface area contributed by atoms with Crippen LogP contribution in [0.1, 0.15) is 37.4 Å². The molecule has 3 N–H and O–H groups in total. The highest BCUT2D eigenvalue weighted by Crippen LogP contribution is 2.32. The van der Waals surface area contributed by atoms with Gasteiger partial charge >= 0.3 is 5.97 Å². The van der Waals surface area contributed by atoms with E-state index in [0.717, 1.165) is 33.9 Å². The molecule has 5 nitrogen and oxygen atoms in total. The molecule has 0 aliphatic carbocycles. The Morgan fingerprint density at radius 2 is 1.33 bits per heavy atom. The fraction of sp³-hybridized carbons (Fsp3) is 0.0556. The van der Waals surface area contributed by atoms with Gasteiger partial charge in [0.2, 0.25) is 0 Å². The number of fused-ring (bicyclic) bond motifs is 1. The largest absolute Gasteiger partial charge is 0.478 e. The fourth-order valence-corrected chi connectivity index (χ4v) is 5.25. The number of H-pyrrole nitrogens is 1. The highest BCUT2D eigenvalue weighted by atomic mass is 19.1. The SMILES string of the molecule is O=C(O)c1ccc(CNC(=O)c2cc(-c3cc(F)cc(F)c3)cc3[nH]cc(Cc4ccc(-c5ccccc5)cc4)c23)cc1. The van der Waals surface area contributed by atoms with Crippen molar-refractivity contribution in [1.82, 2.24) is 10.3 Å². The number of carbonyl (C=O) groups is 2. The minimum absolute atomic E-state index is 0.153. The fourth-order valence-electron chi connectivity index (χ4n) is 5.25. The highest BCUT2D eigenvalue weighted by molar-refractivity contribution is 6.09. The molecular weight excluding hydrogens is 546 g/mol. The van der Waals surface area contributed by atoms with E-state index in [4.69, 9.17) is 5.11 Å². The van der Waals surface area contributed by atoms with Crippen molar-refractivity contribution in [2.24, 2.45) is 0 Å². The number of nitrogens with one attached hydrogen (secondary N) is 2. The van der Waals surface area contributed by atoms with Gasteiger partial charge in [0.25, 0.3) is 5.91 Å². The molecule has 7 heteroatoms. The lowest BCUT2D eigenvalue weighted by Gasteiger charge is -2.12. The summed E-state index contributed by atoms with van der Waals surface area (Å²) >= 11 is 0. The Morgan fingerprint density at radius 3 is 2.00 bits per heavy atom. The number of aromatic amines is 1. The third-order valence-corrected chi connectivity index (χ3v) is 7.41. The Balaban J connectivity index is 1.35. The van der Waals surface area contributed by atoms with E-state index in [-0.39, 0.29) is 18.0 Å². The summed E-state index contributed by atoms with van der Waals surface area (Å²) in [6.45, 7) is 0.166. The number of rotatable bonds is 8. The number of carbonyl (C=O) groups excluding carboxylic acids is 1. The predicted octanol–water partition coefficient (Wildman–Crippen LogP) is 8.00. The van der Waals surface area contributed by atoms with Crippen LogP contribution < -0.4 is 5.32 Å². The van der Waals surface area contributed by atoms with Gasteiger partial charge in [-0.3, -0.25) is 4.79 Å². The summed E-state index contributed by atoms with van der Waals surface area (Å²) in [6, 6.07) is 31.3. The molecule has 0 saturated heterocycles. The van der Waals surface area contributed by atoms with Crippen molar-refractivity contribution in [1.29, 1.82) is 0 Å². The van der Waals surface area contributed by atoms with Crippen LogP contribution in [-0.4, -0.2) is 22.0 Å². The summed E-state index contributed by atoms with van der Waals surface area (Å²) < 4.78 is 28.2. The number of hydrogen-bond acceptors (Lipinski definition) is 2. The van der Waals surface area contributed by atoms with E-state index >= 15 is 0 Å². The lowest BCUT2D eigenvalue weighted by molar-refractivity contribution is 0.0696. The zero-order valence-corrected chi connectivity index (χ0v) is 22.9. The summed E-state index contributed by atoms with van der Waals surface area (Å²) in [5.41, 5.74) is 6.88. The number of amides is 1. The first kappa shape index (κ1) is 27.6. The van der Waals surface area contributed by atoms with Gasteiger partial charge in [-0.25, -0.2) is 13.6 Å². The van der Waals surface area contributed by atoms with Crippen molar-refractivity contribution >= 4 is 22.8 Å². The van der Waals surface area contributed by atoms with Crippen LogP contribution in [0.2, 0.25) is 0 Å². The Labute approximate surface area is 246 Å². The van der Waals surface area contributed by atoms with Gasteiger partial charge in [-0.2, -0.15) is 0 Å². The van der Waals surface area contributed by atoms with Gasteiger partial charge in [0, 0.05) is 35.3 Å². The summed E-state index contributed by atoms with van der Waals surface area (Å²) in [6.07, 6.45) is 2.41. The average molecular weight is 573 g/mol. The van der Waals surface area contributed by atoms with E-state index in [1.807, 2.05) is 24.4 Å². The average Bonchev–Trinajstić information content (AvgIpc) is 3.42. The summed E-state index contributed by atoms with van der Waals surface area (Å²) in [7, 11) is 0. The molecule has 0 aliphatic heterocycles. The first-order valence-corrected chi connectivity index (χ1v) is 13.7. The van der Waals surface area contributed by atoms with Crippen LogP contribution >= 0.6 is 0 Å². The molecule has 212 valence electrons. The summed E-state index contributed by atoms with van der Waals surface area (Å²) in [5, 5.41) is 12.8. The predicted molar refractivity (Wildman–Crippen MR) is 163 cm³/mol. The molecular formula is C36H26F2N2O3. The summed E-state index contributed by atoms with van der Waals surface area (Å²) in [5.74, 6) is -2.82. The second kappa shape index (κ2) is 11.7. The molecule has 0 unspecified atom stereocenters. The van der Waals surface area contributed by atoms with Gasteiger partial charge in [0.05, 0.1) is 5.56 Å². The zero-order chi connectivity index (χ0) is 29.9. The zero-order valence-electron chi connectivity index (χ0n) is 22.9. The molecule has 0 saturated carbocycles. The number of hydrogen-bond donors (Lipinski definition) is 3. The quantitative estimate of drug-likeness (QED) is 0.173. The van der Waals surface area contributed by atoms with Gasteiger partial charge in [0.15, 0.2) is 0 Å². The minimum atomic E-state index is -1.03. The first-order valence-electron chi connectivity index (χ1n) is 13.7. The van der Waals surface area contributed by atoms with E-state index in [0.29, 0.717) is 34.0 Å². The lowest BCUT2D eigenvalue weighted by Crippen LogP contribution is -2.23. The van der Waals surface area contributed by atoms with E-state index < -0.39 is 17.6 Å². The molecule has 0 bridgehead atoms. The van der Waals surface area contributed by atoms with Crippen molar-refractivity contribution in [3.05, 3.63) is 155 Å². The number of carboxylic acid groups (broad SMARTS) is 1. The van der Waals surface area contributed by atoms with E-state index in [1.165, 1.54) is 24.3 Å². The standard InChI is InChI=1S/C36H26F2N2O3/c37-30-15-27(16-31(38)19-30)28-17-32(35(41)40-20-23-8-12-26(13-9-23)36(42)43)34-29(21-39-33(34)18-28)14-22-6-10-25(11-7-22)24-4-2-1-3-5-24/h1-13,15-19,21,39H,14,20H2,(H,40,41)(H,42,43). The van der Waals surface area contributed by atoms with Crippen LogP contribution in [0.15, 0.2) is 115 Å². The molecule has 1 amide bonds. The third kappa shape index (κ3) is 6.06. The van der Waals surface area contributed by atoms with Gasteiger partial charge < -0.3 is 15.4 Å². The lowest BCUT2D eigenvalue weighted by atomic mass is 9.95. The molecule has 0 spiro atoms. The normalized spacial score (nSPS) is 11.0. The molecule has 43 heavy (non-hydrogen) atoms. The number of benzene rings is 5. The molecule has 6 aromatic rings. The minimum Gasteiger partial charge on any atom is -0.478 e. The number of aromatic carboxylic acids is 1. The van der Waals surface area contributed by atoms with Crippen LogP contribution in [0.25, 0.3) is 33.2 Å². The number of halogens is 2. The second-order valence-electron chi connectivity index (χ2n) is 10.3. The molecule has 1 heterocycles. The topological polar surface area (TPSA) is 82.2 Å². The Bertz CT molecular complexity index is 1930. The monoisotopic (exact) mass is 572 g/mol. The molecule has 0 radical (unpaired) electrons. The Hall–Kier alpha value is -5.56. The van der Waals surface area contributed by atoms with Crippen LogP contribution in [0.4, 0.5) is 8.78 Å². The number of carboxylic acids is 1. The van der Waals surface area contributed by atoms with Gasteiger partial charge in [-0.05, 0) is 81.8 Å². The van der Waals surface area contributed by atoms with E-state index in [9.17, 15) is 18.4 Å². The molecule has 0 fully saturated rings. The Morgan fingerprint density at radius 1 is 0.698 bits per heavy atom. The van der Waals surface area contributed by atoms with Crippen LogP contribution in [0.5, 0.6) is 0 Å². The maximum Gasteiger partial charge on any atom is 0.335 e. The van der Waals surface area contributed by atoms with Crippen LogP contribution in [0.3, 0.4) is 0 Å². The van der Waals surface area contributed by atoms with Crippen molar-refractivity contribution in [3.63, 3.8) is 0 Å². The molecule has 5 aromatic carbocycles. The Kier molecular flexibility index (Phi) is 7.54. The molecule has 0 atom stereocenters. The van der Waals surface area contributed by atoms with Crippen molar-refractivity contribution in [2.75, 3.05) is 0 Å². The maximum absolute atomic E-state index is 14.1. The van der Waals surface area contributed by atoms with Gasteiger partial charge in [-0.15, -0.1) is 0 Å². The third-order valence-electron chi connectivity index (χ3n) is 7.41. The smallest absolute Gasteiger partial charge is 0.335 e. The summed E-state index contributed by atoms with van der Waals surface area (Å²) in [4.78, 5) is 28.1. The highest BCUT2D eigenvalue weighted by Gasteiger charge is 2.18. The number of aromatic nitrogens is 1.